The summed E-state index contributed by atoms with van der Waals surface area (Å²) in [6.45, 7) is 8.22. The molecule has 1 rings (SSSR count). The second-order valence-corrected chi connectivity index (χ2v) is 8.20. The van der Waals surface area contributed by atoms with Crippen molar-refractivity contribution in [3.8, 4) is 5.88 Å². The average Bonchev–Trinajstić information content (AvgIpc) is 2.57. The maximum atomic E-state index is 12.3. The summed E-state index contributed by atoms with van der Waals surface area (Å²) >= 11 is 0. The quantitative estimate of drug-likeness (QED) is 0.452. The molecule has 0 atom stereocenters. The Morgan fingerprint density at radius 3 is 2.40 bits per heavy atom. The van der Waals surface area contributed by atoms with Crippen molar-refractivity contribution in [3.05, 3.63) is 23.9 Å². The van der Waals surface area contributed by atoms with E-state index in [0.29, 0.717) is 18.1 Å². The standard InChI is InChI=1S/C19H30F3N5O3/c1-17(2,3)30-16(28)27-18(4,5)11-26-15(23-6)25-10-13-7-8-24-14(9-13)29-12-19(20,21)22/h7-9H,10-12H2,1-6H3,(H,27,28)(H2,23,25,26). The van der Waals surface area contributed by atoms with E-state index in [1.807, 2.05) is 13.8 Å². The van der Waals surface area contributed by atoms with Gasteiger partial charge in [0.2, 0.25) is 5.88 Å². The van der Waals surface area contributed by atoms with Gasteiger partial charge >= 0.3 is 12.3 Å². The van der Waals surface area contributed by atoms with Crippen LogP contribution in [0.2, 0.25) is 0 Å². The molecule has 1 aromatic rings. The molecule has 8 nitrogen and oxygen atoms in total. The number of nitrogens with one attached hydrogen (secondary N) is 3. The first-order chi connectivity index (χ1) is 13.7. The summed E-state index contributed by atoms with van der Waals surface area (Å²) in [6, 6.07) is 3.06. The number of rotatable bonds is 7. The van der Waals surface area contributed by atoms with Gasteiger partial charge in [0.05, 0.1) is 5.54 Å². The van der Waals surface area contributed by atoms with Crippen LogP contribution in [-0.2, 0) is 11.3 Å². The zero-order valence-electron chi connectivity index (χ0n) is 18.1. The van der Waals surface area contributed by atoms with Gasteiger partial charge in [-0.05, 0) is 46.2 Å². The molecule has 11 heteroatoms. The smallest absolute Gasteiger partial charge is 0.422 e. The van der Waals surface area contributed by atoms with Gasteiger partial charge in [0.1, 0.15) is 5.60 Å². The lowest BCUT2D eigenvalue weighted by atomic mass is 10.1. The van der Waals surface area contributed by atoms with Crippen molar-refractivity contribution in [1.29, 1.82) is 0 Å². The SMILES string of the molecule is CN=C(NCc1ccnc(OCC(F)(F)F)c1)NCC(C)(C)NC(=O)OC(C)(C)C. The Labute approximate surface area is 174 Å². The summed E-state index contributed by atoms with van der Waals surface area (Å²) in [6.07, 6.45) is -3.59. The van der Waals surface area contributed by atoms with Crippen LogP contribution in [0.5, 0.6) is 5.88 Å². The lowest BCUT2D eigenvalue weighted by Gasteiger charge is -2.29. The highest BCUT2D eigenvalue weighted by molar-refractivity contribution is 5.79. The fourth-order valence-electron chi connectivity index (χ4n) is 2.13. The predicted octanol–water partition coefficient (Wildman–Crippen LogP) is 2.99. The van der Waals surface area contributed by atoms with E-state index >= 15 is 0 Å². The van der Waals surface area contributed by atoms with Crippen molar-refractivity contribution >= 4 is 12.1 Å². The van der Waals surface area contributed by atoms with Gasteiger partial charge in [-0.3, -0.25) is 4.99 Å². The summed E-state index contributed by atoms with van der Waals surface area (Å²) in [5.41, 5.74) is -0.565. The number of aromatic nitrogens is 1. The number of amides is 1. The molecule has 0 fully saturated rings. The molecule has 0 saturated heterocycles. The number of nitrogens with zero attached hydrogens (tertiary/aromatic N) is 2. The lowest BCUT2D eigenvalue weighted by molar-refractivity contribution is -0.154. The number of halogens is 3. The Hall–Kier alpha value is -2.72. The monoisotopic (exact) mass is 433 g/mol. The molecule has 0 spiro atoms. The first kappa shape index (κ1) is 25.3. The normalized spacial score (nSPS) is 12.9. The summed E-state index contributed by atoms with van der Waals surface area (Å²) in [7, 11) is 1.58. The number of guanidine groups is 1. The van der Waals surface area contributed by atoms with E-state index in [1.165, 1.54) is 12.3 Å². The van der Waals surface area contributed by atoms with E-state index < -0.39 is 30.0 Å². The van der Waals surface area contributed by atoms with Gasteiger partial charge in [0, 0.05) is 32.4 Å². The second kappa shape index (κ2) is 10.4. The molecule has 0 saturated carbocycles. The minimum atomic E-state index is -4.43. The molecule has 0 unspecified atom stereocenters. The van der Waals surface area contributed by atoms with Gasteiger partial charge in [0.15, 0.2) is 12.6 Å². The summed E-state index contributed by atoms with van der Waals surface area (Å²) in [5, 5.41) is 8.90. The second-order valence-electron chi connectivity index (χ2n) is 8.20. The van der Waals surface area contributed by atoms with Crippen molar-refractivity contribution in [1.82, 2.24) is 20.9 Å². The molecule has 0 aromatic carbocycles. The van der Waals surface area contributed by atoms with Crippen molar-refractivity contribution in [2.75, 3.05) is 20.2 Å². The Kier molecular flexibility index (Phi) is 8.74. The third kappa shape index (κ3) is 11.3. The van der Waals surface area contributed by atoms with Gasteiger partial charge in [0.25, 0.3) is 0 Å². The van der Waals surface area contributed by atoms with Crippen molar-refractivity contribution < 1.29 is 27.4 Å². The third-order valence-electron chi connectivity index (χ3n) is 3.40. The number of hydrogen-bond donors (Lipinski definition) is 3. The van der Waals surface area contributed by atoms with Crippen molar-refractivity contribution in [2.45, 2.75) is 58.5 Å². The number of aliphatic imine (C=N–C) groups is 1. The van der Waals surface area contributed by atoms with Gasteiger partial charge in [-0.2, -0.15) is 13.2 Å². The van der Waals surface area contributed by atoms with Crippen LogP contribution in [0.1, 0.15) is 40.2 Å². The van der Waals surface area contributed by atoms with E-state index in [4.69, 9.17) is 4.74 Å². The summed E-state index contributed by atoms with van der Waals surface area (Å²) in [4.78, 5) is 19.8. The number of ether oxygens (including phenoxy) is 2. The zero-order chi connectivity index (χ0) is 23.0. The van der Waals surface area contributed by atoms with E-state index in [-0.39, 0.29) is 12.4 Å². The van der Waals surface area contributed by atoms with Crippen LogP contribution >= 0.6 is 0 Å². The average molecular weight is 433 g/mol. The summed E-state index contributed by atoms with van der Waals surface area (Å²) < 4.78 is 46.7. The van der Waals surface area contributed by atoms with Crippen LogP contribution in [0.4, 0.5) is 18.0 Å². The highest BCUT2D eigenvalue weighted by Crippen LogP contribution is 2.17. The van der Waals surface area contributed by atoms with E-state index in [1.54, 1.807) is 33.9 Å². The molecule has 0 aliphatic rings. The molecule has 0 bridgehead atoms. The van der Waals surface area contributed by atoms with Crippen molar-refractivity contribution in [2.24, 2.45) is 4.99 Å². The molecular formula is C19H30F3N5O3. The Morgan fingerprint density at radius 1 is 1.17 bits per heavy atom. The third-order valence-corrected chi connectivity index (χ3v) is 3.40. The number of carbonyl (C=O) groups is 1. The molecule has 0 aliphatic heterocycles. The molecule has 170 valence electrons. The molecule has 1 amide bonds. The predicted molar refractivity (Wildman–Crippen MR) is 107 cm³/mol. The van der Waals surface area contributed by atoms with Gasteiger partial charge in [-0.25, -0.2) is 9.78 Å². The molecule has 30 heavy (non-hydrogen) atoms. The number of hydrogen-bond acceptors (Lipinski definition) is 5. The fraction of sp³-hybridized carbons (Fsp3) is 0.632. The number of pyridine rings is 1. The Morgan fingerprint density at radius 2 is 1.83 bits per heavy atom. The van der Waals surface area contributed by atoms with Gasteiger partial charge in [-0.1, -0.05) is 0 Å². The molecule has 3 N–H and O–H groups in total. The van der Waals surface area contributed by atoms with E-state index in [0.717, 1.165) is 0 Å². The van der Waals surface area contributed by atoms with Gasteiger partial charge < -0.3 is 25.4 Å². The minimum absolute atomic E-state index is 0.114. The number of carbonyl (C=O) groups excluding carboxylic acids is 1. The first-order valence-corrected chi connectivity index (χ1v) is 9.29. The van der Waals surface area contributed by atoms with Crippen LogP contribution < -0.4 is 20.7 Å². The maximum absolute atomic E-state index is 12.3. The van der Waals surface area contributed by atoms with Crippen LogP contribution in [0.3, 0.4) is 0 Å². The zero-order valence-corrected chi connectivity index (χ0v) is 18.1. The highest BCUT2D eigenvalue weighted by atomic mass is 19.4. The molecule has 0 radical (unpaired) electrons. The number of alkyl carbamates (subject to hydrolysis) is 1. The number of alkyl halides is 3. The minimum Gasteiger partial charge on any atom is -0.468 e. The van der Waals surface area contributed by atoms with Crippen LogP contribution in [0, 0.1) is 0 Å². The first-order valence-electron chi connectivity index (χ1n) is 9.29. The highest BCUT2D eigenvalue weighted by Gasteiger charge is 2.28. The van der Waals surface area contributed by atoms with E-state index in [9.17, 15) is 18.0 Å². The molecule has 0 aliphatic carbocycles. The van der Waals surface area contributed by atoms with Crippen molar-refractivity contribution in [3.63, 3.8) is 0 Å². The van der Waals surface area contributed by atoms with Crippen LogP contribution in [0.25, 0.3) is 0 Å². The Balaban J connectivity index is 2.54. The van der Waals surface area contributed by atoms with Gasteiger partial charge in [-0.15, -0.1) is 0 Å². The summed E-state index contributed by atoms with van der Waals surface area (Å²) in [5.74, 6) is 0.334. The van der Waals surface area contributed by atoms with E-state index in [2.05, 4.69) is 30.7 Å². The van der Waals surface area contributed by atoms with Crippen LogP contribution in [-0.4, -0.2) is 54.6 Å². The maximum Gasteiger partial charge on any atom is 0.422 e. The molecule has 1 heterocycles. The molecular weight excluding hydrogens is 403 g/mol. The fourth-order valence-corrected chi connectivity index (χ4v) is 2.13. The molecule has 1 aromatic heterocycles. The topological polar surface area (TPSA) is 96.9 Å². The van der Waals surface area contributed by atoms with Crippen LogP contribution in [0.15, 0.2) is 23.3 Å². The lowest BCUT2D eigenvalue weighted by Crippen LogP contribution is -2.54. The Bertz CT molecular complexity index is 731. The largest absolute Gasteiger partial charge is 0.468 e.